The number of nitrogens with zero attached hydrogens (tertiary/aromatic N) is 3. The number of hydrogen-bond donors (Lipinski definition) is 2. The molecule has 0 bridgehead atoms. The molecule has 4 N–H and O–H groups in total. The third-order valence-electron chi connectivity index (χ3n) is 3.41. The number of aliphatic imine (C=N–C) groups is 1. The van der Waals surface area contributed by atoms with Gasteiger partial charge in [-0.25, -0.2) is 4.99 Å². The van der Waals surface area contributed by atoms with Gasteiger partial charge < -0.3 is 11.5 Å². The first-order valence-corrected chi connectivity index (χ1v) is 6.24. The molecule has 1 aliphatic heterocycles. The van der Waals surface area contributed by atoms with Crippen LogP contribution < -0.4 is 11.5 Å². The van der Waals surface area contributed by atoms with Crippen LogP contribution in [0, 0.1) is 17.8 Å². The molecule has 1 aliphatic rings. The van der Waals surface area contributed by atoms with Crippen molar-refractivity contribution < 1.29 is 0 Å². The molecule has 0 radical (unpaired) electrons. The lowest BCUT2D eigenvalue weighted by Gasteiger charge is -2.35. The van der Waals surface area contributed by atoms with Crippen molar-refractivity contribution in [3.8, 4) is 11.8 Å². The number of aryl methyl sites for hydroxylation is 1. The van der Waals surface area contributed by atoms with Crippen molar-refractivity contribution >= 4 is 5.84 Å². The van der Waals surface area contributed by atoms with Gasteiger partial charge in [0.2, 0.25) is 0 Å². The number of rotatable bonds is 1. The summed E-state index contributed by atoms with van der Waals surface area (Å²) in [5.74, 6) is 6.97. The Kier molecular flexibility index (Phi) is 3.45. The average molecular weight is 257 g/mol. The predicted octanol–water partition coefficient (Wildman–Crippen LogP) is 0.770. The topological polar surface area (TPSA) is 82.2 Å². The summed E-state index contributed by atoms with van der Waals surface area (Å²) in [6.07, 6.45) is 5.81. The minimum Gasteiger partial charge on any atom is -0.387 e. The summed E-state index contributed by atoms with van der Waals surface area (Å²) in [4.78, 5) is 4.14. The molecule has 1 aromatic heterocycles. The van der Waals surface area contributed by atoms with Crippen LogP contribution in [0.1, 0.15) is 25.8 Å². The van der Waals surface area contributed by atoms with Crippen LogP contribution in [0.2, 0.25) is 0 Å². The van der Waals surface area contributed by atoms with E-state index >= 15 is 0 Å². The van der Waals surface area contributed by atoms with Crippen molar-refractivity contribution in [3.05, 3.63) is 29.7 Å². The van der Waals surface area contributed by atoms with Crippen molar-refractivity contribution in [2.75, 3.05) is 0 Å². The van der Waals surface area contributed by atoms with Crippen molar-refractivity contribution in [1.82, 2.24) is 9.78 Å². The predicted molar refractivity (Wildman–Crippen MR) is 76.2 cm³/mol. The SMILES string of the molecule is CC(C)C1(N)CC(N)=NC=C1C#Cc1cnn(C)c1. The fourth-order valence-corrected chi connectivity index (χ4v) is 2.00. The molecule has 1 atom stereocenters. The summed E-state index contributed by atoms with van der Waals surface area (Å²) in [5.41, 5.74) is 13.4. The van der Waals surface area contributed by atoms with Gasteiger partial charge in [0.1, 0.15) is 5.84 Å². The Balaban J connectivity index is 2.34. The maximum Gasteiger partial charge on any atom is 0.101 e. The monoisotopic (exact) mass is 257 g/mol. The standard InChI is InChI=1S/C14H19N5/c1-10(2)14(16)6-13(15)17-8-12(14)5-4-11-7-18-19(3)9-11/h7-10H,6,16H2,1-3H3,(H2,15,17). The highest BCUT2D eigenvalue weighted by Gasteiger charge is 2.35. The summed E-state index contributed by atoms with van der Waals surface area (Å²) >= 11 is 0. The van der Waals surface area contributed by atoms with Crippen LogP contribution in [0.4, 0.5) is 0 Å². The van der Waals surface area contributed by atoms with Crippen LogP contribution in [0.3, 0.4) is 0 Å². The number of aromatic nitrogens is 2. The van der Waals surface area contributed by atoms with Gasteiger partial charge in [-0.2, -0.15) is 5.10 Å². The molecule has 0 aliphatic carbocycles. The molecule has 0 spiro atoms. The van der Waals surface area contributed by atoms with Crippen molar-refractivity contribution in [1.29, 1.82) is 0 Å². The maximum absolute atomic E-state index is 6.45. The van der Waals surface area contributed by atoms with E-state index in [1.165, 1.54) is 0 Å². The minimum atomic E-state index is -0.541. The van der Waals surface area contributed by atoms with Crippen LogP contribution >= 0.6 is 0 Å². The molecule has 0 saturated heterocycles. The average Bonchev–Trinajstić information content (AvgIpc) is 2.74. The summed E-state index contributed by atoms with van der Waals surface area (Å²) in [6, 6.07) is 0. The van der Waals surface area contributed by atoms with Crippen LogP contribution in [0.25, 0.3) is 0 Å². The van der Waals surface area contributed by atoms with E-state index in [2.05, 4.69) is 35.8 Å². The lowest BCUT2D eigenvalue weighted by Crippen LogP contribution is -2.50. The van der Waals surface area contributed by atoms with Gasteiger partial charge in [0, 0.05) is 31.4 Å². The summed E-state index contributed by atoms with van der Waals surface area (Å²) < 4.78 is 1.72. The normalized spacial score (nSPS) is 22.6. The van der Waals surface area contributed by atoms with Gasteiger partial charge in [-0.1, -0.05) is 25.7 Å². The van der Waals surface area contributed by atoms with E-state index in [-0.39, 0.29) is 5.92 Å². The zero-order valence-corrected chi connectivity index (χ0v) is 11.5. The van der Waals surface area contributed by atoms with Crippen molar-refractivity contribution in [2.24, 2.45) is 29.4 Å². The van der Waals surface area contributed by atoms with Crippen LogP contribution in [-0.4, -0.2) is 21.2 Å². The maximum atomic E-state index is 6.45. The van der Waals surface area contributed by atoms with E-state index in [1.54, 1.807) is 17.1 Å². The summed E-state index contributed by atoms with van der Waals surface area (Å²) in [7, 11) is 1.86. The van der Waals surface area contributed by atoms with Crippen LogP contribution in [0.15, 0.2) is 29.2 Å². The molecule has 19 heavy (non-hydrogen) atoms. The first-order valence-electron chi connectivity index (χ1n) is 6.24. The summed E-state index contributed by atoms with van der Waals surface area (Å²) in [5, 5.41) is 4.08. The van der Waals surface area contributed by atoms with E-state index in [0.717, 1.165) is 11.1 Å². The third-order valence-corrected chi connectivity index (χ3v) is 3.41. The van der Waals surface area contributed by atoms with Gasteiger partial charge in [-0.3, -0.25) is 4.68 Å². The highest BCUT2D eigenvalue weighted by molar-refractivity contribution is 5.84. The Morgan fingerprint density at radius 2 is 2.16 bits per heavy atom. The lowest BCUT2D eigenvalue weighted by molar-refractivity contribution is 0.379. The minimum absolute atomic E-state index is 0.232. The number of hydrogen-bond acceptors (Lipinski definition) is 4. The van der Waals surface area contributed by atoms with Gasteiger partial charge >= 0.3 is 0 Å². The van der Waals surface area contributed by atoms with Gasteiger partial charge in [-0.15, -0.1) is 0 Å². The van der Waals surface area contributed by atoms with Gasteiger partial charge in [0.15, 0.2) is 0 Å². The molecule has 0 fully saturated rings. The summed E-state index contributed by atoms with van der Waals surface area (Å²) in [6.45, 7) is 4.14. The van der Waals surface area contributed by atoms with Crippen LogP contribution in [-0.2, 0) is 7.05 Å². The van der Waals surface area contributed by atoms with E-state index in [1.807, 2.05) is 13.2 Å². The van der Waals surface area contributed by atoms with E-state index in [9.17, 15) is 0 Å². The lowest BCUT2D eigenvalue weighted by atomic mass is 9.77. The molecule has 1 unspecified atom stereocenters. The molecule has 100 valence electrons. The number of amidine groups is 1. The highest BCUT2D eigenvalue weighted by atomic mass is 15.2. The molecule has 2 rings (SSSR count). The van der Waals surface area contributed by atoms with Crippen molar-refractivity contribution in [2.45, 2.75) is 25.8 Å². The molecule has 0 amide bonds. The van der Waals surface area contributed by atoms with Crippen LogP contribution in [0.5, 0.6) is 0 Å². The van der Waals surface area contributed by atoms with Gasteiger partial charge in [0.05, 0.1) is 17.3 Å². The fraction of sp³-hybridized carbons (Fsp3) is 0.429. The van der Waals surface area contributed by atoms with E-state index in [4.69, 9.17) is 11.5 Å². The first-order chi connectivity index (χ1) is 8.91. The molecule has 2 heterocycles. The smallest absolute Gasteiger partial charge is 0.101 e. The zero-order valence-electron chi connectivity index (χ0n) is 11.5. The van der Waals surface area contributed by atoms with E-state index in [0.29, 0.717) is 12.3 Å². The molecule has 5 heteroatoms. The first kappa shape index (κ1) is 13.4. The third kappa shape index (κ3) is 2.69. The van der Waals surface area contributed by atoms with Gasteiger partial charge in [0.25, 0.3) is 0 Å². The Labute approximate surface area is 113 Å². The van der Waals surface area contributed by atoms with Crippen molar-refractivity contribution in [3.63, 3.8) is 0 Å². The second-order valence-electron chi connectivity index (χ2n) is 5.19. The largest absolute Gasteiger partial charge is 0.387 e. The quantitative estimate of drug-likeness (QED) is 0.729. The molecule has 5 nitrogen and oxygen atoms in total. The molecular formula is C14H19N5. The Bertz CT molecular complexity index is 597. The molecule has 0 aromatic carbocycles. The number of nitrogens with two attached hydrogens (primary N) is 2. The fourth-order valence-electron chi connectivity index (χ4n) is 2.00. The van der Waals surface area contributed by atoms with E-state index < -0.39 is 5.54 Å². The zero-order chi connectivity index (χ0) is 14.0. The Morgan fingerprint density at radius 1 is 1.42 bits per heavy atom. The second-order valence-corrected chi connectivity index (χ2v) is 5.19. The molecule has 0 saturated carbocycles. The second kappa shape index (κ2) is 4.90. The highest BCUT2D eigenvalue weighted by Crippen LogP contribution is 2.29. The Morgan fingerprint density at radius 3 is 2.74 bits per heavy atom. The van der Waals surface area contributed by atoms with Gasteiger partial charge in [-0.05, 0) is 5.92 Å². The molecular weight excluding hydrogens is 238 g/mol. The molecule has 1 aromatic rings. The Hall–Kier alpha value is -2.06.